The van der Waals surface area contributed by atoms with Gasteiger partial charge in [-0.2, -0.15) is 0 Å². The number of oxazole rings is 1. The molecule has 24 heavy (non-hydrogen) atoms. The fourth-order valence-corrected chi connectivity index (χ4v) is 2.42. The lowest BCUT2D eigenvalue weighted by Crippen LogP contribution is -2.22. The monoisotopic (exact) mass is 323 g/mol. The average molecular weight is 323 g/mol. The second-order valence-corrected chi connectivity index (χ2v) is 5.48. The number of nitrogens with one attached hydrogen (secondary N) is 2. The van der Waals surface area contributed by atoms with Crippen LogP contribution < -0.4 is 10.6 Å². The van der Waals surface area contributed by atoms with Gasteiger partial charge in [-0.05, 0) is 35.9 Å². The molecule has 1 aromatic heterocycles. The van der Waals surface area contributed by atoms with Crippen LogP contribution in [0.5, 0.6) is 0 Å². The normalized spacial score (nSPS) is 10.6. The van der Waals surface area contributed by atoms with Crippen molar-refractivity contribution in [2.75, 3.05) is 5.32 Å². The maximum atomic E-state index is 12.3. The Morgan fingerprint density at radius 2 is 2.00 bits per heavy atom. The first-order chi connectivity index (χ1) is 11.5. The SMILES string of the molecule is CC(=O)Nc1cccc(C(=O)NCc2ccc3nc(C)oc3c2)c1. The van der Waals surface area contributed by atoms with Gasteiger partial charge in [-0.15, -0.1) is 0 Å². The van der Waals surface area contributed by atoms with Crippen LogP contribution in [0.25, 0.3) is 11.1 Å². The largest absolute Gasteiger partial charge is 0.441 e. The van der Waals surface area contributed by atoms with E-state index < -0.39 is 0 Å². The Labute approximate surface area is 138 Å². The number of amides is 2. The molecule has 2 amide bonds. The minimum Gasteiger partial charge on any atom is -0.441 e. The predicted molar refractivity (Wildman–Crippen MR) is 90.7 cm³/mol. The van der Waals surface area contributed by atoms with Gasteiger partial charge in [0.15, 0.2) is 11.5 Å². The number of hydrogen-bond acceptors (Lipinski definition) is 4. The van der Waals surface area contributed by atoms with Gasteiger partial charge in [-0.1, -0.05) is 12.1 Å². The minimum absolute atomic E-state index is 0.178. The molecule has 122 valence electrons. The zero-order chi connectivity index (χ0) is 17.1. The summed E-state index contributed by atoms with van der Waals surface area (Å²) in [5, 5.41) is 5.51. The highest BCUT2D eigenvalue weighted by Gasteiger charge is 2.08. The lowest BCUT2D eigenvalue weighted by Gasteiger charge is -2.07. The number of aryl methyl sites for hydroxylation is 1. The molecule has 0 atom stereocenters. The number of carbonyl (C=O) groups excluding carboxylic acids is 2. The Balaban J connectivity index is 1.68. The van der Waals surface area contributed by atoms with Crippen molar-refractivity contribution in [3.63, 3.8) is 0 Å². The fourth-order valence-electron chi connectivity index (χ4n) is 2.42. The van der Waals surface area contributed by atoms with E-state index >= 15 is 0 Å². The second kappa shape index (κ2) is 6.54. The molecule has 0 aliphatic rings. The van der Waals surface area contributed by atoms with Crippen LogP contribution in [-0.2, 0) is 11.3 Å². The maximum Gasteiger partial charge on any atom is 0.251 e. The average Bonchev–Trinajstić information content (AvgIpc) is 2.91. The first-order valence-electron chi connectivity index (χ1n) is 7.53. The summed E-state index contributed by atoms with van der Waals surface area (Å²) in [5.41, 5.74) is 3.49. The van der Waals surface area contributed by atoms with Crippen LogP contribution in [0.1, 0.15) is 28.7 Å². The Morgan fingerprint density at radius 3 is 2.79 bits per heavy atom. The smallest absolute Gasteiger partial charge is 0.251 e. The van der Waals surface area contributed by atoms with Crippen molar-refractivity contribution in [3.8, 4) is 0 Å². The molecule has 6 heteroatoms. The Hall–Kier alpha value is -3.15. The third-order valence-electron chi connectivity index (χ3n) is 3.46. The lowest BCUT2D eigenvalue weighted by molar-refractivity contribution is -0.114. The van der Waals surface area contributed by atoms with E-state index in [0.717, 1.165) is 11.1 Å². The van der Waals surface area contributed by atoms with Crippen molar-refractivity contribution in [2.45, 2.75) is 20.4 Å². The number of anilines is 1. The van der Waals surface area contributed by atoms with Crippen molar-refractivity contribution in [3.05, 3.63) is 59.5 Å². The minimum atomic E-state index is -0.212. The third-order valence-corrected chi connectivity index (χ3v) is 3.46. The molecule has 0 fully saturated rings. The standard InChI is InChI=1S/C18H17N3O3/c1-11(22)20-15-5-3-4-14(9-15)18(23)19-10-13-6-7-16-17(8-13)24-12(2)21-16/h3-9H,10H2,1-2H3,(H,19,23)(H,20,22). The molecule has 3 rings (SSSR count). The van der Waals surface area contributed by atoms with Crippen molar-refractivity contribution in [1.29, 1.82) is 0 Å². The van der Waals surface area contributed by atoms with Crippen LogP contribution in [0, 0.1) is 6.92 Å². The van der Waals surface area contributed by atoms with Gasteiger partial charge in [0, 0.05) is 31.6 Å². The van der Waals surface area contributed by atoms with E-state index in [-0.39, 0.29) is 11.8 Å². The molecule has 6 nitrogen and oxygen atoms in total. The summed E-state index contributed by atoms with van der Waals surface area (Å²) in [6.45, 7) is 3.59. The van der Waals surface area contributed by atoms with Gasteiger partial charge >= 0.3 is 0 Å². The maximum absolute atomic E-state index is 12.3. The molecule has 0 saturated heterocycles. The highest BCUT2D eigenvalue weighted by molar-refractivity contribution is 5.96. The van der Waals surface area contributed by atoms with E-state index in [4.69, 9.17) is 4.42 Å². The van der Waals surface area contributed by atoms with Gasteiger partial charge in [0.1, 0.15) is 5.52 Å². The summed E-state index contributed by atoms with van der Waals surface area (Å²) in [6.07, 6.45) is 0. The summed E-state index contributed by atoms with van der Waals surface area (Å²) in [7, 11) is 0. The summed E-state index contributed by atoms with van der Waals surface area (Å²) >= 11 is 0. The molecule has 2 aromatic carbocycles. The molecule has 0 unspecified atom stereocenters. The van der Waals surface area contributed by atoms with Crippen molar-refractivity contribution >= 4 is 28.6 Å². The van der Waals surface area contributed by atoms with Crippen LogP contribution in [0.15, 0.2) is 46.9 Å². The quantitative estimate of drug-likeness (QED) is 0.773. The molecule has 0 radical (unpaired) electrons. The number of fused-ring (bicyclic) bond motifs is 1. The molecule has 0 aliphatic heterocycles. The number of benzene rings is 2. The highest BCUT2D eigenvalue weighted by Crippen LogP contribution is 2.17. The van der Waals surface area contributed by atoms with Crippen LogP contribution in [0.4, 0.5) is 5.69 Å². The zero-order valence-electron chi connectivity index (χ0n) is 13.4. The topological polar surface area (TPSA) is 84.2 Å². The molecular weight excluding hydrogens is 306 g/mol. The summed E-state index contributed by atoms with van der Waals surface area (Å²) in [4.78, 5) is 27.6. The zero-order valence-corrected chi connectivity index (χ0v) is 13.4. The highest BCUT2D eigenvalue weighted by atomic mass is 16.3. The van der Waals surface area contributed by atoms with Crippen LogP contribution >= 0.6 is 0 Å². The number of carbonyl (C=O) groups is 2. The number of aromatic nitrogens is 1. The van der Waals surface area contributed by atoms with Gasteiger partial charge in [-0.3, -0.25) is 9.59 Å². The van der Waals surface area contributed by atoms with Crippen molar-refractivity contribution < 1.29 is 14.0 Å². The summed E-state index contributed by atoms with van der Waals surface area (Å²) in [6, 6.07) is 12.4. The van der Waals surface area contributed by atoms with E-state index in [2.05, 4.69) is 15.6 Å². The molecule has 0 spiro atoms. The Morgan fingerprint density at radius 1 is 1.17 bits per heavy atom. The van der Waals surface area contributed by atoms with Gasteiger partial charge < -0.3 is 15.1 Å². The van der Waals surface area contributed by atoms with Crippen molar-refractivity contribution in [2.24, 2.45) is 0 Å². The van der Waals surface area contributed by atoms with Gasteiger partial charge in [0.25, 0.3) is 5.91 Å². The van der Waals surface area contributed by atoms with Gasteiger partial charge in [-0.25, -0.2) is 4.98 Å². The lowest BCUT2D eigenvalue weighted by atomic mass is 10.1. The molecule has 0 bridgehead atoms. The second-order valence-electron chi connectivity index (χ2n) is 5.48. The molecule has 0 aliphatic carbocycles. The fraction of sp³-hybridized carbons (Fsp3) is 0.167. The van der Waals surface area contributed by atoms with E-state index in [9.17, 15) is 9.59 Å². The predicted octanol–water partition coefficient (Wildman–Crippen LogP) is 3.02. The first kappa shape index (κ1) is 15.7. The number of nitrogens with zero attached hydrogens (tertiary/aromatic N) is 1. The Bertz CT molecular complexity index is 915. The molecule has 3 aromatic rings. The van der Waals surface area contributed by atoms with E-state index in [1.54, 1.807) is 31.2 Å². The summed E-state index contributed by atoms with van der Waals surface area (Å²) in [5.74, 6) is 0.222. The molecule has 0 saturated carbocycles. The molecule has 1 heterocycles. The van der Waals surface area contributed by atoms with E-state index in [0.29, 0.717) is 29.3 Å². The van der Waals surface area contributed by atoms with Gasteiger partial charge in [0.05, 0.1) is 0 Å². The first-order valence-corrected chi connectivity index (χ1v) is 7.53. The van der Waals surface area contributed by atoms with E-state index in [1.165, 1.54) is 6.92 Å². The summed E-state index contributed by atoms with van der Waals surface area (Å²) < 4.78 is 5.49. The van der Waals surface area contributed by atoms with Gasteiger partial charge in [0.2, 0.25) is 5.91 Å². The van der Waals surface area contributed by atoms with Crippen LogP contribution in [0.3, 0.4) is 0 Å². The van der Waals surface area contributed by atoms with E-state index in [1.807, 2.05) is 18.2 Å². The Kier molecular flexibility index (Phi) is 4.29. The van der Waals surface area contributed by atoms with Crippen LogP contribution in [-0.4, -0.2) is 16.8 Å². The molecule has 2 N–H and O–H groups in total. The number of hydrogen-bond donors (Lipinski definition) is 2. The third kappa shape index (κ3) is 3.60. The van der Waals surface area contributed by atoms with Crippen molar-refractivity contribution in [1.82, 2.24) is 10.3 Å². The number of rotatable bonds is 4. The molecular formula is C18H17N3O3. The van der Waals surface area contributed by atoms with Crippen LogP contribution in [0.2, 0.25) is 0 Å².